The number of para-hydroxylation sites is 1. The fourth-order valence-corrected chi connectivity index (χ4v) is 4.31. The average molecular weight is 479 g/mol. The number of likely N-dealkylation sites (tertiary alicyclic amines) is 1. The monoisotopic (exact) mass is 478 g/mol. The number of aromatic nitrogens is 5. The van der Waals surface area contributed by atoms with Crippen LogP contribution in [0.15, 0.2) is 36.7 Å². The number of halogens is 1. The lowest BCUT2D eigenvalue weighted by atomic mass is 10.1. The Labute approximate surface area is 201 Å². The maximum absolute atomic E-state index is 13.6. The van der Waals surface area contributed by atoms with E-state index in [1.54, 1.807) is 21.8 Å². The number of benzene rings is 1. The van der Waals surface area contributed by atoms with Gasteiger partial charge in [-0.1, -0.05) is 12.1 Å². The fraction of sp³-hybridized carbons (Fsp3) is 0.333. The van der Waals surface area contributed by atoms with Gasteiger partial charge in [0.05, 0.1) is 29.5 Å². The molecule has 0 spiro atoms. The number of aliphatic hydroxyl groups excluding tert-OH is 1. The number of fused-ring (bicyclic) bond motifs is 1. The number of anilines is 3. The Hall–Kier alpha value is -3.83. The molecule has 1 aliphatic rings. The van der Waals surface area contributed by atoms with E-state index >= 15 is 0 Å². The van der Waals surface area contributed by atoms with Crippen LogP contribution in [-0.2, 0) is 11.8 Å². The molecular formula is C24H27FN8O2. The van der Waals surface area contributed by atoms with Crippen molar-refractivity contribution >= 4 is 34.3 Å². The van der Waals surface area contributed by atoms with Gasteiger partial charge in [0, 0.05) is 55.2 Å². The summed E-state index contributed by atoms with van der Waals surface area (Å²) < 4.78 is 15.3. The lowest BCUT2D eigenvalue weighted by Gasteiger charge is -2.14. The van der Waals surface area contributed by atoms with Crippen molar-refractivity contribution in [1.82, 2.24) is 29.6 Å². The molecule has 0 radical (unpaired) electrons. The highest BCUT2D eigenvalue weighted by molar-refractivity contribution is 6.06. The molecule has 11 heteroatoms. The predicted octanol–water partition coefficient (Wildman–Crippen LogP) is 2.67. The first kappa shape index (κ1) is 22.9. The zero-order chi connectivity index (χ0) is 24.7. The number of alkyl halides is 1. The number of aliphatic hydroxyl groups is 1. The Morgan fingerprint density at radius 2 is 2.14 bits per heavy atom. The van der Waals surface area contributed by atoms with Gasteiger partial charge in [-0.25, -0.2) is 14.4 Å². The summed E-state index contributed by atoms with van der Waals surface area (Å²) >= 11 is 0. The summed E-state index contributed by atoms with van der Waals surface area (Å²) in [5.74, 6) is 0.820. The van der Waals surface area contributed by atoms with Crippen molar-refractivity contribution in [3.05, 3.63) is 47.9 Å². The Morgan fingerprint density at radius 3 is 2.86 bits per heavy atom. The van der Waals surface area contributed by atoms with Gasteiger partial charge in [0.1, 0.15) is 6.17 Å². The third-order valence-corrected chi connectivity index (χ3v) is 6.23. The fourth-order valence-electron chi connectivity index (χ4n) is 4.31. The van der Waals surface area contributed by atoms with E-state index in [0.29, 0.717) is 17.5 Å². The first-order chi connectivity index (χ1) is 16.8. The zero-order valence-electron chi connectivity index (χ0n) is 19.7. The number of H-pyrrole nitrogens is 1. The van der Waals surface area contributed by atoms with Crippen LogP contribution in [0.25, 0.3) is 22.2 Å². The van der Waals surface area contributed by atoms with E-state index in [2.05, 4.69) is 25.7 Å². The molecule has 0 unspecified atom stereocenters. The van der Waals surface area contributed by atoms with E-state index in [0.717, 1.165) is 33.4 Å². The standard InChI is InChI=1S/C24H27FN8O2/c1-13-8-27-24(29-20-7-14(2)32(3)31-20)30-22(13)16-9-26-23-15(16)5-4-6-18(23)28-21(35)12-33-10-17(25)19(34)11-33/h4-9,17,19,26,34H,10-12H2,1-3H3,(H,28,35)(H,27,29,30,31)/t17-,19+/m1/s1. The maximum atomic E-state index is 13.6. The van der Waals surface area contributed by atoms with Crippen molar-refractivity contribution in [2.75, 3.05) is 30.3 Å². The Morgan fingerprint density at radius 1 is 1.31 bits per heavy atom. The van der Waals surface area contributed by atoms with Crippen LogP contribution in [0.3, 0.4) is 0 Å². The molecule has 2 atom stereocenters. The topological polar surface area (TPSA) is 124 Å². The minimum atomic E-state index is -1.32. The van der Waals surface area contributed by atoms with E-state index in [-0.39, 0.29) is 25.5 Å². The number of aromatic amines is 1. The molecule has 4 N–H and O–H groups in total. The molecule has 0 bridgehead atoms. The number of aryl methyl sites for hydroxylation is 3. The molecule has 1 amide bonds. The smallest absolute Gasteiger partial charge is 0.238 e. The van der Waals surface area contributed by atoms with E-state index in [9.17, 15) is 14.3 Å². The number of amides is 1. The molecule has 182 valence electrons. The van der Waals surface area contributed by atoms with Gasteiger partial charge >= 0.3 is 0 Å². The number of hydrogen-bond acceptors (Lipinski definition) is 7. The van der Waals surface area contributed by atoms with Crippen LogP contribution in [-0.4, -0.2) is 72.6 Å². The predicted molar refractivity (Wildman–Crippen MR) is 131 cm³/mol. The van der Waals surface area contributed by atoms with Gasteiger partial charge in [-0.3, -0.25) is 14.4 Å². The third kappa shape index (κ3) is 4.60. The third-order valence-electron chi connectivity index (χ3n) is 6.23. The highest BCUT2D eigenvalue weighted by atomic mass is 19.1. The van der Waals surface area contributed by atoms with Gasteiger partial charge in [-0.15, -0.1) is 0 Å². The minimum absolute atomic E-state index is 0.00841. The Kier molecular flexibility index (Phi) is 5.95. The number of β-amino-alcohol motifs (C(OH)–C–C–N with tert-alkyl or cyclic N) is 1. The summed E-state index contributed by atoms with van der Waals surface area (Å²) in [4.78, 5) is 26.6. The number of nitrogens with zero attached hydrogens (tertiary/aromatic N) is 5. The van der Waals surface area contributed by atoms with Crippen molar-refractivity contribution in [3.63, 3.8) is 0 Å². The second-order valence-electron chi connectivity index (χ2n) is 8.90. The van der Waals surface area contributed by atoms with Gasteiger partial charge in [0.15, 0.2) is 5.82 Å². The van der Waals surface area contributed by atoms with E-state index in [1.165, 1.54) is 0 Å². The summed E-state index contributed by atoms with van der Waals surface area (Å²) in [6.07, 6.45) is 1.24. The molecule has 4 aromatic rings. The van der Waals surface area contributed by atoms with Crippen LogP contribution >= 0.6 is 0 Å². The Bertz CT molecular complexity index is 1370. The molecule has 4 heterocycles. The molecule has 1 fully saturated rings. The van der Waals surface area contributed by atoms with Gasteiger partial charge < -0.3 is 20.7 Å². The van der Waals surface area contributed by atoms with Gasteiger partial charge in [-0.05, 0) is 25.5 Å². The van der Waals surface area contributed by atoms with Crippen molar-refractivity contribution in [1.29, 1.82) is 0 Å². The quantitative estimate of drug-likeness (QED) is 0.336. The number of rotatable bonds is 6. The van der Waals surface area contributed by atoms with Gasteiger partial charge in [0.2, 0.25) is 11.9 Å². The minimum Gasteiger partial charge on any atom is -0.389 e. The lowest BCUT2D eigenvalue weighted by molar-refractivity contribution is -0.117. The molecule has 0 saturated carbocycles. The van der Waals surface area contributed by atoms with Crippen molar-refractivity contribution in [3.8, 4) is 11.3 Å². The molecule has 3 aromatic heterocycles. The summed E-state index contributed by atoms with van der Waals surface area (Å²) in [7, 11) is 1.87. The van der Waals surface area contributed by atoms with Crippen LogP contribution in [0.5, 0.6) is 0 Å². The van der Waals surface area contributed by atoms with Gasteiger partial charge in [0.25, 0.3) is 0 Å². The molecular weight excluding hydrogens is 451 g/mol. The highest BCUT2D eigenvalue weighted by Gasteiger charge is 2.32. The van der Waals surface area contributed by atoms with Crippen molar-refractivity contribution in [2.45, 2.75) is 26.1 Å². The average Bonchev–Trinajstić information content (AvgIpc) is 3.47. The molecule has 1 aromatic carbocycles. The summed E-state index contributed by atoms with van der Waals surface area (Å²) in [5, 5.41) is 20.9. The SMILES string of the molecule is Cc1cnc(Nc2cc(C)n(C)n2)nc1-c1c[nH]c2c(NC(=O)CN3C[C@@H](F)[C@@H](O)C3)cccc12. The highest BCUT2D eigenvalue weighted by Crippen LogP contribution is 2.33. The first-order valence-electron chi connectivity index (χ1n) is 11.3. The molecule has 10 nitrogen and oxygen atoms in total. The lowest BCUT2D eigenvalue weighted by Crippen LogP contribution is -2.32. The number of carbonyl (C=O) groups is 1. The molecule has 5 rings (SSSR count). The van der Waals surface area contributed by atoms with Crippen molar-refractivity contribution < 1.29 is 14.3 Å². The summed E-state index contributed by atoms with van der Waals surface area (Å²) in [5.41, 5.74) is 4.91. The second kappa shape index (κ2) is 9.08. The van der Waals surface area contributed by atoms with Crippen LogP contribution in [0.4, 0.5) is 21.8 Å². The van der Waals surface area contributed by atoms with E-state index in [4.69, 9.17) is 4.98 Å². The van der Waals surface area contributed by atoms with Gasteiger partial charge in [-0.2, -0.15) is 5.10 Å². The van der Waals surface area contributed by atoms with E-state index in [1.807, 2.05) is 45.3 Å². The van der Waals surface area contributed by atoms with Crippen LogP contribution < -0.4 is 10.6 Å². The second-order valence-corrected chi connectivity index (χ2v) is 8.90. The summed E-state index contributed by atoms with van der Waals surface area (Å²) in [6, 6.07) is 7.54. The van der Waals surface area contributed by atoms with Crippen LogP contribution in [0.2, 0.25) is 0 Å². The number of carbonyl (C=O) groups excluding carboxylic acids is 1. The number of hydrogen-bond donors (Lipinski definition) is 4. The van der Waals surface area contributed by atoms with Crippen molar-refractivity contribution in [2.24, 2.45) is 7.05 Å². The van der Waals surface area contributed by atoms with Crippen LogP contribution in [0, 0.1) is 13.8 Å². The molecule has 35 heavy (non-hydrogen) atoms. The molecule has 1 aliphatic heterocycles. The first-order valence-corrected chi connectivity index (χ1v) is 11.3. The van der Waals surface area contributed by atoms with E-state index < -0.39 is 12.3 Å². The molecule has 1 saturated heterocycles. The largest absolute Gasteiger partial charge is 0.389 e. The Balaban J connectivity index is 1.39. The maximum Gasteiger partial charge on any atom is 0.238 e. The van der Waals surface area contributed by atoms with Crippen LogP contribution in [0.1, 0.15) is 11.3 Å². The number of nitrogens with one attached hydrogen (secondary N) is 3. The normalized spacial score (nSPS) is 18.3. The zero-order valence-corrected chi connectivity index (χ0v) is 19.7. The molecule has 0 aliphatic carbocycles. The summed E-state index contributed by atoms with van der Waals surface area (Å²) in [6.45, 7) is 4.11.